The average molecular weight is 395 g/mol. The summed E-state index contributed by atoms with van der Waals surface area (Å²) >= 11 is 1.35. The van der Waals surface area contributed by atoms with Crippen molar-refractivity contribution in [1.29, 1.82) is 0 Å². The molecule has 0 saturated carbocycles. The Morgan fingerprint density at radius 1 is 1.00 bits per heavy atom. The van der Waals surface area contributed by atoms with Crippen LogP contribution in [0.1, 0.15) is 35.6 Å². The first kappa shape index (κ1) is 19.8. The number of aryl methyl sites for hydroxylation is 2. The van der Waals surface area contributed by atoms with Crippen molar-refractivity contribution in [2.75, 3.05) is 5.32 Å². The molecule has 1 N–H and O–H groups in total. The largest absolute Gasteiger partial charge is 0.325 e. The lowest BCUT2D eigenvalue weighted by atomic mass is 10.1. The van der Waals surface area contributed by atoms with Gasteiger partial charge in [-0.1, -0.05) is 29.5 Å². The molecule has 1 heterocycles. The number of amides is 1. The van der Waals surface area contributed by atoms with E-state index in [1.165, 1.54) is 24.2 Å². The second-order valence-electron chi connectivity index (χ2n) is 6.58. The van der Waals surface area contributed by atoms with Gasteiger partial charge in [0, 0.05) is 16.9 Å². The van der Waals surface area contributed by atoms with E-state index in [0.717, 1.165) is 11.5 Å². The average Bonchev–Trinajstić information content (AvgIpc) is 3.03. The molecular formula is C21H22N4O2S. The molecule has 0 aliphatic carbocycles. The second-order valence-corrected chi connectivity index (χ2v) is 7.89. The summed E-state index contributed by atoms with van der Waals surface area (Å²) in [4.78, 5) is 23.9. The van der Waals surface area contributed by atoms with E-state index in [-0.39, 0.29) is 16.9 Å². The zero-order chi connectivity index (χ0) is 20.3. The van der Waals surface area contributed by atoms with Crippen molar-refractivity contribution in [3.63, 3.8) is 0 Å². The number of Topliss-reactive ketones (excluding diaryl/α,β-unsaturated/α-hetero) is 1. The lowest BCUT2D eigenvalue weighted by Gasteiger charge is -2.13. The van der Waals surface area contributed by atoms with Crippen LogP contribution >= 0.6 is 11.8 Å². The number of benzene rings is 2. The molecule has 0 bridgehead atoms. The van der Waals surface area contributed by atoms with Gasteiger partial charge in [-0.15, -0.1) is 10.2 Å². The topological polar surface area (TPSA) is 76.9 Å². The van der Waals surface area contributed by atoms with Crippen LogP contribution in [-0.2, 0) is 4.79 Å². The zero-order valence-electron chi connectivity index (χ0n) is 16.3. The number of thioether (sulfide) groups is 1. The van der Waals surface area contributed by atoms with Gasteiger partial charge in [0.2, 0.25) is 5.91 Å². The number of nitrogens with one attached hydrogen (secondary N) is 1. The first-order chi connectivity index (χ1) is 13.3. The van der Waals surface area contributed by atoms with E-state index >= 15 is 0 Å². The van der Waals surface area contributed by atoms with Gasteiger partial charge in [0.1, 0.15) is 5.82 Å². The van der Waals surface area contributed by atoms with E-state index in [1.807, 2.05) is 49.6 Å². The fourth-order valence-corrected chi connectivity index (χ4v) is 3.57. The maximum Gasteiger partial charge on any atom is 0.237 e. The number of rotatable bonds is 6. The molecule has 6 nitrogen and oxygen atoms in total. The molecule has 0 aliphatic heterocycles. The van der Waals surface area contributed by atoms with Crippen molar-refractivity contribution >= 4 is 29.1 Å². The van der Waals surface area contributed by atoms with Crippen LogP contribution in [0.3, 0.4) is 0 Å². The standard InChI is InChI=1S/C21H22N4O2S/c1-13-5-11-19(12-6-13)25-16(4)23-24-21(25)28-15(3)20(27)22-18-9-7-17(8-10-18)14(2)26/h5-12,15H,1-4H3,(H,22,27)/t15-/m1/s1. The lowest BCUT2D eigenvalue weighted by molar-refractivity contribution is -0.115. The summed E-state index contributed by atoms with van der Waals surface area (Å²) in [5, 5.41) is 11.6. The Bertz CT molecular complexity index is 994. The number of anilines is 1. The monoisotopic (exact) mass is 394 g/mol. The normalized spacial score (nSPS) is 11.9. The predicted molar refractivity (Wildman–Crippen MR) is 111 cm³/mol. The molecule has 0 fully saturated rings. The number of hydrogen-bond acceptors (Lipinski definition) is 5. The highest BCUT2D eigenvalue weighted by molar-refractivity contribution is 8.00. The van der Waals surface area contributed by atoms with E-state index < -0.39 is 0 Å². The fraction of sp³-hybridized carbons (Fsp3) is 0.238. The molecule has 0 saturated heterocycles. The second kappa shape index (κ2) is 8.39. The van der Waals surface area contributed by atoms with Gasteiger partial charge in [-0.05, 0) is 64.1 Å². The van der Waals surface area contributed by atoms with Crippen molar-refractivity contribution in [3.05, 3.63) is 65.5 Å². The molecule has 144 valence electrons. The Hall–Kier alpha value is -2.93. The fourth-order valence-electron chi connectivity index (χ4n) is 2.65. The number of ketones is 1. The number of hydrogen-bond donors (Lipinski definition) is 1. The van der Waals surface area contributed by atoms with Gasteiger partial charge in [-0.3, -0.25) is 14.2 Å². The summed E-state index contributed by atoms with van der Waals surface area (Å²) < 4.78 is 1.94. The minimum atomic E-state index is -0.375. The molecule has 2 aromatic carbocycles. The van der Waals surface area contributed by atoms with Gasteiger partial charge in [0.05, 0.1) is 5.25 Å². The van der Waals surface area contributed by atoms with E-state index in [1.54, 1.807) is 24.3 Å². The molecule has 1 amide bonds. The maximum atomic E-state index is 12.6. The van der Waals surface area contributed by atoms with E-state index in [4.69, 9.17) is 0 Å². The van der Waals surface area contributed by atoms with Crippen molar-refractivity contribution in [3.8, 4) is 5.69 Å². The highest BCUT2D eigenvalue weighted by atomic mass is 32.2. The number of nitrogens with zero attached hydrogens (tertiary/aromatic N) is 3. The minimum Gasteiger partial charge on any atom is -0.325 e. The first-order valence-electron chi connectivity index (χ1n) is 8.92. The van der Waals surface area contributed by atoms with Gasteiger partial charge < -0.3 is 5.32 Å². The highest BCUT2D eigenvalue weighted by Crippen LogP contribution is 2.26. The van der Waals surface area contributed by atoms with Crippen molar-refractivity contribution in [2.24, 2.45) is 0 Å². The van der Waals surface area contributed by atoms with Crippen LogP contribution in [0.15, 0.2) is 53.7 Å². The molecule has 1 atom stereocenters. The van der Waals surface area contributed by atoms with Crippen molar-refractivity contribution in [2.45, 2.75) is 38.1 Å². The third-order valence-electron chi connectivity index (χ3n) is 4.30. The van der Waals surface area contributed by atoms with Gasteiger partial charge in [-0.2, -0.15) is 0 Å². The summed E-state index contributed by atoms with van der Waals surface area (Å²) in [6, 6.07) is 14.9. The highest BCUT2D eigenvalue weighted by Gasteiger charge is 2.20. The van der Waals surface area contributed by atoms with Gasteiger partial charge in [-0.25, -0.2) is 0 Å². The SMILES string of the molecule is CC(=O)c1ccc(NC(=O)[C@@H](C)Sc2nnc(C)n2-c2ccc(C)cc2)cc1. The molecule has 7 heteroatoms. The van der Waals surface area contributed by atoms with Crippen LogP contribution in [-0.4, -0.2) is 31.7 Å². The summed E-state index contributed by atoms with van der Waals surface area (Å²) in [5.41, 5.74) is 3.40. The summed E-state index contributed by atoms with van der Waals surface area (Å²) in [6.07, 6.45) is 0. The van der Waals surface area contributed by atoms with Crippen LogP contribution in [0.25, 0.3) is 5.69 Å². The van der Waals surface area contributed by atoms with Crippen molar-refractivity contribution < 1.29 is 9.59 Å². The van der Waals surface area contributed by atoms with E-state index in [2.05, 4.69) is 15.5 Å². The number of aromatic nitrogens is 3. The minimum absolute atomic E-state index is 0.00684. The Morgan fingerprint density at radius 2 is 1.64 bits per heavy atom. The number of carbonyl (C=O) groups is 2. The third kappa shape index (κ3) is 4.48. The molecule has 0 aliphatic rings. The Labute approximate surface area is 168 Å². The summed E-state index contributed by atoms with van der Waals surface area (Å²) in [6.45, 7) is 7.26. The zero-order valence-corrected chi connectivity index (χ0v) is 17.1. The Balaban J connectivity index is 1.72. The Kier molecular flexibility index (Phi) is 5.94. The molecule has 0 radical (unpaired) electrons. The van der Waals surface area contributed by atoms with E-state index in [9.17, 15) is 9.59 Å². The molecule has 0 spiro atoms. The maximum absolute atomic E-state index is 12.6. The van der Waals surface area contributed by atoms with Crippen LogP contribution in [0, 0.1) is 13.8 Å². The van der Waals surface area contributed by atoms with Gasteiger partial charge >= 0.3 is 0 Å². The summed E-state index contributed by atoms with van der Waals surface area (Å²) in [5.74, 6) is 0.614. The van der Waals surface area contributed by atoms with Crippen LogP contribution < -0.4 is 5.32 Å². The quantitative estimate of drug-likeness (QED) is 0.501. The first-order valence-corrected chi connectivity index (χ1v) is 9.80. The molecule has 28 heavy (non-hydrogen) atoms. The molecule has 1 aromatic heterocycles. The third-order valence-corrected chi connectivity index (χ3v) is 5.34. The smallest absolute Gasteiger partial charge is 0.237 e. The predicted octanol–water partition coefficient (Wildman–Crippen LogP) is 4.21. The lowest BCUT2D eigenvalue weighted by Crippen LogP contribution is -2.23. The van der Waals surface area contributed by atoms with Gasteiger partial charge in [0.25, 0.3) is 0 Å². The van der Waals surface area contributed by atoms with Crippen LogP contribution in [0.4, 0.5) is 5.69 Å². The molecular weight excluding hydrogens is 372 g/mol. The Morgan fingerprint density at radius 3 is 2.25 bits per heavy atom. The number of carbonyl (C=O) groups excluding carboxylic acids is 2. The van der Waals surface area contributed by atoms with E-state index in [0.29, 0.717) is 16.4 Å². The van der Waals surface area contributed by atoms with Crippen molar-refractivity contribution in [1.82, 2.24) is 14.8 Å². The molecule has 3 rings (SSSR count). The molecule has 3 aromatic rings. The molecule has 0 unspecified atom stereocenters. The summed E-state index contributed by atoms with van der Waals surface area (Å²) in [7, 11) is 0. The van der Waals surface area contributed by atoms with Crippen LogP contribution in [0.5, 0.6) is 0 Å². The van der Waals surface area contributed by atoms with Gasteiger partial charge in [0.15, 0.2) is 10.9 Å². The van der Waals surface area contributed by atoms with Crippen LogP contribution in [0.2, 0.25) is 0 Å².